The van der Waals surface area contributed by atoms with Gasteiger partial charge in [-0.25, -0.2) is 4.39 Å². The van der Waals surface area contributed by atoms with Crippen LogP contribution >= 0.6 is 0 Å². The SMILES string of the molecule is N#Cc1c(F)ccc(-c2ccccn2)c1O. The first-order chi connectivity index (χ1) is 7.74. The molecule has 0 aliphatic heterocycles. The van der Waals surface area contributed by atoms with Gasteiger partial charge in [-0.05, 0) is 24.3 Å². The minimum absolute atomic E-state index is 0.346. The van der Waals surface area contributed by atoms with E-state index in [2.05, 4.69) is 4.98 Å². The molecule has 0 atom stereocenters. The number of halogens is 1. The summed E-state index contributed by atoms with van der Waals surface area (Å²) in [6.07, 6.45) is 1.56. The number of rotatable bonds is 1. The zero-order valence-electron chi connectivity index (χ0n) is 8.18. The highest BCUT2D eigenvalue weighted by atomic mass is 19.1. The Morgan fingerprint density at radius 1 is 1.25 bits per heavy atom. The van der Waals surface area contributed by atoms with E-state index in [1.54, 1.807) is 30.5 Å². The molecule has 2 rings (SSSR count). The number of hydrogen-bond acceptors (Lipinski definition) is 3. The molecule has 0 aliphatic carbocycles. The van der Waals surface area contributed by atoms with Gasteiger partial charge in [0.05, 0.1) is 5.69 Å². The first-order valence-corrected chi connectivity index (χ1v) is 4.57. The van der Waals surface area contributed by atoms with Crippen molar-refractivity contribution < 1.29 is 9.50 Å². The van der Waals surface area contributed by atoms with E-state index < -0.39 is 5.82 Å². The first-order valence-electron chi connectivity index (χ1n) is 4.57. The van der Waals surface area contributed by atoms with Crippen molar-refractivity contribution in [2.45, 2.75) is 0 Å². The number of phenolic OH excluding ortho intramolecular Hbond substituents is 1. The van der Waals surface area contributed by atoms with Crippen molar-refractivity contribution in [2.75, 3.05) is 0 Å². The van der Waals surface area contributed by atoms with E-state index in [0.717, 1.165) is 6.07 Å². The third-order valence-corrected chi connectivity index (χ3v) is 2.18. The predicted octanol–water partition coefficient (Wildman–Crippen LogP) is 2.46. The van der Waals surface area contributed by atoms with Gasteiger partial charge >= 0.3 is 0 Å². The zero-order valence-corrected chi connectivity index (χ0v) is 8.18. The van der Waals surface area contributed by atoms with Gasteiger partial charge in [0, 0.05) is 11.8 Å². The van der Waals surface area contributed by atoms with Crippen molar-refractivity contribution in [3.63, 3.8) is 0 Å². The van der Waals surface area contributed by atoms with Crippen LogP contribution in [0.15, 0.2) is 36.5 Å². The largest absolute Gasteiger partial charge is 0.506 e. The Morgan fingerprint density at radius 3 is 2.69 bits per heavy atom. The summed E-state index contributed by atoms with van der Waals surface area (Å²) < 4.78 is 13.1. The number of nitrogens with zero attached hydrogens (tertiary/aromatic N) is 2. The average Bonchev–Trinajstić information content (AvgIpc) is 2.31. The van der Waals surface area contributed by atoms with Crippen LogP contribution in [0.5, 0.6) is 5.75 Å². The first kappa shape index (κ1) is 10.1. The van der Waals surface area contributed by atoms with Gasteiger partial charge in [-0.2, -0.15) is 5.26 Å². The monoisotopic (exact) mass is 214 g/mol. The molecule has 4 heteroatoms. The van der Waals surface area contributed by atoms with Crippen molar-refractivity contribution in [2.24, 2.45) is 0 Å². The Balaban J connectivity index is 2.65. The van der Waals surface area contributed by atoms with E-state index in [9.17, 15) is 9.50 Å². The average molecular weight is 214 g/mol. The Kier molecular flexibility index (Phi) is 2.52. The topological polar surface area (TPSA) is 56.9 Å². The number of nitriles is 1. The quantitative estimate of drug-likeness (QED) is 0.793. The van der Waals surface area contributed by atoms with Crippen LogP contribution in [0, 0.1) is 17.1 Å². The molecular weight excluding hydrogens is 207 g/mol. The Morgan fingerprint density at radius 2 is 2.06 bits per heavy atom. The highest BCUT2D eigenvalue weighted by Gasteiger charge is 2.13. The minimum Gasteiger partial charge on any atom is -0.506 e. The third kappa shape index (κ3) is 1.59. The fraction of sp³-hybridized carbons (Fsp3) is 0. The van der Waals surface area contributed by atoms with E-state index in [4.69, 9.17) is 5.26 Å². The summed E-state index contributed by atoms with van der Waals surface area (Å²) in [5.41, 5.74) is 0.484. The molecule has 0 radical (unpaired) electrons. The zero-order chi connectivity index (χ0) is 11.5. The van der Waals surface area contributed by atoms with Crippen molar-refractivity contribution in [1.29, 1.82) is 5.26 Å². The molecule has 2 aromatic rings. The summed E-state index contributed by atoms with van der Waals surface area (Å²) in [6.45, 7) is 0. The molecule has 0 saturated heterocycles. The van der Waals surface area contributed by atoms with Crippen LogP contribution in [0.1, 0.15) is 5.56 Å². The van der Waals surface area contributed by atoms with E-state index in [1.807, 2.05) is 0 Å². The van der Waals surface area contributed by atoms with Gasteiger partial charge in [0.1, 0.15) is 23.2 Å². The maximum atomic E-state index is 13.1. The molecule has 1 aromatic carbocycles. The second kappa shape index (κ2) is 3.99. The van der Waals surface area contributed by atoms with E-state index in [-0.39, 0.29) is 11.3 Å². The van der Waals surface area contributed by atoms with Gasteiger partial charge in [-0.1, -0.05) is 6.07 Å². The van der Waals surface area contributed by atoms with Crippen LogP contribution in [0.25, 0.3) is 11.3 Å². The van der Waals surface area contributed by atoms with Gasteiger partial charge < -0.3 is 5.11 Å². The number of benzene rings is 1. The lowest BCUT2D eigenvalue weighted by Crippen LogP contribution is -1.89. The van der Waals surface area contributed by atoms with E-state index in [1.165, 1.54) is 6.07 Å². The highest BCUT2D eigenvalue weighted by Crippen LogP contribution is 2.31. The maximum absolute atomic E-state index is 13.1. The lowest BCUT2D eigenvalue weighted by atomic mass is 10.1. The Labute approximate surface area is 91.4 Å². The Hall–Kier alpha value is -2.41. The molecular formula is C12H7FN2O. The van der Waals surface area contributed by atoms with Gasteiger partial charge in [0.25, 0.3) is 0 Å². The summed E-state index contributed by atoms with van der Waals surface area (Å²) in [5, 5.41) is 18.4. The predicted molar refractivity (Wildman–Crippen MR) is 56.0 cm³/mol. The van der Waals surface area contributed by atoms with Crippen LogP contribution in [0.3, 0.4) is 0 Å². The lowest BCUT2D eigenvalue weighted by molar-refractivity contribution is 0.468. The highest BCUT2D eigenvalue weighted by molar-refractivity contribution is 5.70. The van der Waals surface area contributed by atoms with Crippen molar-refractivity contribution in [3.8, 4) is 23.1 Å². The smallest absolute Gasteiger partial charge is 0.145 e. The second-order valence-electron chi connectivity index (χ2n) is 3.15. The van der Waals surface area contributed by atoms with Crippen molar-refractivity contribution in [3.05, 3.63) is 47.9 Å². The van der Waals surface area contributed by atoms with E-state index >= 15 is 0 Å². The fourth-order valence-electron chi connectivity index (χ4n) is 1.40. The maximum Gasteiger partial charge on any atom is 0.145 e. The molecule has 16 heavy (non-hydrogen) atoms. The van der Waals surface area contributed by atoms with Gasteiger partial charge in [-0.15, -0.1) is 0 Å². The van der Waals surface area contributed by atoms with Gasteiger partial charge in [0.15, 0.2) is 0 Å². The molecule has 3 nitrogen and oxygen atoms in total. The van der Waals surface area contributed by atoms with Crippen LogP contribution in [-0.4, -0.2) is 10.1 Å². The molecule has 0 bridgehead atoms. The summed E-state index contributed by atoms with van der Waals surface area (Å²) in [7, 11) is 0. The Bertz CT molecular complexity index is 561. The molecule has 0 fully saturated rings. The summed E-state index contributed by atoms with van der Waals surface area (Å²) in [4.78, 5) is 4.02. The van der Waals surface area contributed by atoms with Crippen LogP contribution in [0.4, 0.5) is 4.39 Å². The number of pyridine rings is 1. The molecule has 0 aliphatic rings. The van der Waals surface area contributed by atoms with Gasteiger partial charge in [0.2, 0.25) is 0 Å². The number of hydrogen-bond donors (Lipinski definition) is 1. The normalized spacial score (nSPS) is 9.75. The number of aromatic nitrogens is 1. The molecule has 1 N–H and O–H groups in total. The van der Waals surface area contributed by atoms with Crippen LogP contribution in [0.2, 0.25) is 0 Å². The minimum atomic E-state index is -0.736. The summed E-state index contributed by atoms with van der Waals surface area (Å²) in [6, 6.07) is 9.31. The lowest BCUT2D eigenvalue weighted by Gasteiger charge is -2.05. The van der Waals surface area contributed by atoms with E-state index in [0.29, 0.717) is 11.3 Å². The number of aromatic hydroxyl groups is 1. The van der Waals surface area contributed by atoms with Crippen molar-refractivity contribution in [1.82, 2.24) is 4.98 Å². The number of phenols is 1. The summed E-state index contributed by atoms with van der Waals surface area (Å²) >= 11 is 0. The standard InChI is InChI=1S/C12H7FN2O/c13-10-5-4-8(12(16)9(10)7-14)11-3-1-2-6-15-11/h1-6,16H. The molecule has 1 aromatic heterocycles. The molecule has 0 amide bonds. The van der Waals surface area contributed by atoms with Gasteiger partial charge in [-0.3, -0.25) is 4.98 Å². The third-order valence-electron chi connectivity index (χ3n) is 2.18. The molecule has 0 unspecified atom stereocenters. The van der Waals surface area contributed by atoms with Crippen LogP contribution < -0.4 is 0 Å². The van der Waals surface area contributed by atoms with Crippen LogP contribution in [-0.2, 0) is 0 Å². The molecule has 0 spiro atoms. The van der Waals surface area contributed by atoms with Crippen molar-refractivity contribution >= 4 is 0 Å². The molecule has 0 saturated carbocycles. The fourth-order valence-corrected chi connectivity index (χ4v) is 1.40. The second-order valence-corrected chi connectivity index (χ2v) is 3.15. The summed E-state index contributed by atoms with van der Waals surface area (Å²) in [5.74, 6) is -1.11. The molecule has 78 valence electrons. The molecule has 1 heterocycles.